The Hall–Kier alpha value is -1.07. The van der Waals surface area contributed by atoms with E-state index in [1.54, 1.807) is 10.4 Å². The largest absolute Gasteiger partial charge is 0.385 e. The SMILES string of the molecule is CCC1CCCCN1S(=O)(=O)c1ccc2c(c1)CCCN2. The van der Waals surface area contributed by atoms with Crippen LogP contribution in [-0.2, 0) is 16.4 Å². The molecule has 1 fully saturated rings. The van der Waals surface area contributed by atoms with Crippen LogP contribution in [-0.4, -0.2) is 31.9 Å². The predicted molar refractivity (Wildman–Crippen MR) is 85.1 cm³/mol. The van der Waals surface area contributed by atoms with Crippen LogP contribution in [0.5, 0.6) is 0 Å². The summed E-state index contributed by atoms with van der Waals surface area (Å²) in [7, 11) is -3.35. The molecule has 2 heterocycles. The third-order valence-corrected chi connectivity index (χ3v) is 6.61. The first-order valence-electron chi connectivity index (χ1n) is 8.01. The Morgan fingerprint density at radius 2 is 2.14 bits per heavy atom. The highest BCUT2D eigenvalue weighted by molar-refractivity contribution is 7.89. The predicted octanol–water partition coefficient (Wildman–Crippen LogP) is 3.00. The maximum atomic E-state index is 12.9. The minimum Gasteiger partial charge on any atom is -0.385 e. The van der Waals surface area contributed by atoms with E-state index in [0.29, 0.717) is 11.4 Å². The number of aryl methyl sites for hydroxylation is 1. The highest BCUT2D eigenvalue weighted by Crippen LogP contribution is 2.30. The lowest BCUT2D eigenvalue weighted by molar-refractivity contribution is 0.246. The van der Waals surface area contributed by atoms with Crippen LogP contribution >= 0.6 is 0 Å². The first-order valence-corrected chi connectivity index (χ1v) is 9.45. The summed E-state index contributed by atoms with van der Waals surface area (Å²) >= 11 is 0. The van der Waals surface area contributed by atoms with Crippen LogP contribution in [0.2, 0.25) is 0 Å². The molecule has 0 bridgehead atoms. The van der Waals surface area contributed by atoms with E-state index in [9.17, 15) is 8.42 Å². The van der Waals surface area contributed by atoms with E-state index < -0.39 is 10.0 Å². The van der Waals surface area contributed by atoms with Gasteiger partial charge in [0.05, 0.1) is 4.90 Å². The summed E-state index contributed by atoms with van der Waals surface area (Å²) in [6.07, 6.45) is 6.02. The maximum Gasteiger partial charge on any atom is 0.243 e. The summed E-state index contributed by atoms with van der Waals surface area (Å²) in [5, 5.41) is 3.33. The Labute approximate surface area is 127 Å². The number of rotatable bonds is 3. The highest BCUT2D eigenvalue weighted by atomic mass is 32.2. The van der Waals surface area contributed by atoms with Gasteiger partial charge in [-0.1, -0.05) is 13.3 Å². The van der Waals surface area contributed by atoms with E-state index in [1.807, 2.05) is 12.1 Å². The third-order valence-electron chi connectivity index (χ3n) is 4.67. The molecule has 5 heteroatoms. The zero-order valence-electron chi connectivity index (χ0n) is 12.6. The molecule has 21 heavy (non-hydrogen) atoms. The molecule has 1 unspecified atom stereocenters. The summed E-state index contributed by atoms with van der Waals surface area (Å²) in [6.45, 7) is 3.72. The summed E-state index contributed by atoms with van der Waals surface area (Å²) in [5.41, 5.74) is 2.22. The Kier molecular flexibility index (Phi) is 4.22. The van der Waals surface area contributed by atoms with Gasteiger partial charge in [-0.05, 0) is 55.9 Å². The second-order valence-corrected chi connectivity index (χ2v) is 7.91. The van der Waals surface area contributed by atoms with Crippen molar-refractivity contribution in [1.82, 2.24) is 4.31 Å². The molecule has 1 saturated heterocycles. The van der Waals surface area contributed by atoms with Gasteiger partial charge in [-0.2, -0.15) is 4.31 Å². The molecule has 2 aliphatic heterocycles. The number of anilines is 1. The van der Waals surface area contributed by atoms with Gasteiger partial charge in [0.1, 0.15) is 0 Å². The van der Waals surface area contributed by atoms with Crippen LogP contribution in [0.25, 0.3) is 0 Å². The molecule has 2 aliphatic rings. The van der Waals surface area contributed by atoms with Crippen molar-refractivity contribution >= 4 is 15.7 Å². The molecule has 1 aromatic rings. The van der Waals surface area contributed by atoms with Gasteiger partial charge in [-0.25, -0.2) is 8.42 Å². The summed E-state index contributed by atoms with van der Waals surface area (Å²) < 4.78 is 27.6. The minimum absolute atomic E-state index is 0.165. The topological polar surface area (TPSA) is 49.4 Å². The third kappa shape index (κ3) is 2.81. The smallest absolute Gasteiger partial charge is 0.243 e. The van der Waals surface area contributed by atoms with Crippen molar-refractivity contribution in [2.24, 2.45) is 0 Å². The zero-order chi connectivity index (χ0) is 14.9. The van der Waals surface area contributed by atoms with Gasteiger partial charge >= 0.3 is 0 Å². The van der Waals surface area contributed by atoms with Crippen molar-refractivity contribution in [3.8, 4) is 0 Å². The van der Waals surface area contributed by atoms with Crippen LogP contribution in [0.1, 0.15) is 44.6 Å². The molecule has 0 radical (unpaired) electrons. The van der Waals surface area contributed by atoms with Gasteiger partial charge in [0, 0.05) is 24.8 Å². The Bertz CT molecular complexity index is 613. The lowest BCUT2D eigenvalue weighted by Gasteiger charge is -2.34. The molecule has 4 nitrogen and oxygen atoms in total. The molecule has 1 N–H and O–H groups in total. The fourth-order valence-corrected chi connectivity index (χ4v) is 5.26. The van der Waals surface area contributed by atoms with Crippen molar-refractivity contribution in [2.75, 3.05) is 18.4 Å². The monoisotopic (exact) mass is 308 g/mol. The molecule has 0 saturated carbocycles. The quantitative estimate of drug-likeness (QED) is 0.934. The number of fused-ring (bicyclic) bond motifs is 1. The van der Waals surface area contributed by atoms with E-state index in [0.717, 1.165) is 56.3 Å². The number of sulfonamides is 1. The fourth-order valence-electron chi connectivity index (χ4n) is 3.45. The highest BCUT2D eigenvalue weighted by Gasteiger charge is 2.32. The number of hydrogen-bond acceptors (Lipinski definition) is 3. The van der Waals surface area contributed by atoms with Crippen molar-refractivity contribution in [3.63, 3.8) is 0 Å². The zero-order valence-corrected chi connectivity index (χ0v) is 13.5. The molecule has 1 atom stereocenters. The average Bonchev–Trinajstić information content (AvgIpc) is 2.54. The molecular weight excluding hydrogens is 284 g/mol. The van der Waals surface area contributed by atoms with Gasteiger partial charge in [0.25, 0.3) is 0 Å². The second kappa shape index (κ2) is 5.97. The number of piperidine rings is 1. The van der Waals surface area contributed by atoms with Crippen molar-refractivity contribution in [1.29, 1.82) is 0 Å². The Balaban J connectivity index is 1.94. The average molecular weight is 308 g/mol. The second-order valence-electron chi connectivity index (χ2n) is 6.02. The molecule has 0 amide bonds. The van der Waals surface area contributed by atoms with Crippen LogP contribution in [0.3, 0.4) is 0 Å². The van der Waals surface area contributed by atoms with E-state index in [4.69, 9.17) is 0 Å². The van der Waals surface area contributed by atoms with Crippen molar-refractivity contribution in [3.05, 3.63) is 23.8 Å². The summed E-state index contributed by atoms with van der Waals surface area (Å²) in [4.78, 5) is 0.463. The minimum atomic E-state index is -3.35. The molecule has 116 valence electrons. The number of hydrogen-bond donors (Lipinski definition) is 1. The van der Waals surface area contributed by atoms with Crippen LogP contribution < -0.4 is 5.32 Å². The van der Waals surface area contributed by atoms with Gasteiger partial charge in [0.2, 0.25) is 10.0 Å². The van der Waals surface area contributed by atoms with Gasteiger partial charge < -0.3 is 5.32 Å². The van der Waals surface area contributed by atoms with Crippen LogP contribution in [0.4, 0.5) is 5.69 Å². The lowest BCUT2D eigenvalue weighted by Crippen LogP contribution is -2.43. The molecule has 1 aromatic carbocycles. The molecule has 0 aromatic heterocycles. The number of nitrogens with zero attached hydrogens (tertiary/aromatic N) is 1. The number of nitrogens with one attached hydrogen (secondary N) is 1. The maximum absolute atomic E-state index is 12.9. The van der Waals surface area contributed by atoms with Crippen LogP contribution in [0, 0.1) is 0 Å². The molecule has 0 spiro atoms. The van der Waals surface area contributed by atoms with Crippen molar-refractivity contribution in [2.45, 2.75) is 56.4 Å². The van der Waals surface area contributed by atoms with Gasteiger partial charge in [0.15, 0.2) is 0 Å². The van der Waals surface area contributed by atoms with E-state index in [1.165, 1.54) is 0 Å². The van der Waals surface area contributed by atoms with E-state index in [2.05, 4.69) is 12.2 Å². The van der Waals surface area contributed by atoms with Gasteiger partial charge in [-0.3, -0.25) is 0 Å². The molecule has 3 rings (SSSR count). The van der Waals surface area contributed by atoms with Gasteiger partial charge in [-0.15, -0.1) is 0 Å². The van der Waals surface area contributed by atoms with Crippen molar-refractivity contribution < 1.29 is 8.42 Å². The standard InChI is InChI=1S/C16H24N2O2S/c1-2-14-7-3-4-11-18(14)21(19,20)15-8-9-16-13(12-15)6-5-10-17-16/h8-9,12,14,17H,2-7,10-11H2,1H3. The summed E-state index contributed by atoms with van der Waals surface area (Å²) in [6, 6.07) is 5.72. The first-order chi connectivity index (χ1) is 10.1. The summed E-state index contributed by atoms with van der Waals surface area (Å²) in [5.74, 6) is 0. The molecule has 0 aliphatic carbocycles. The van der Waals surface area contributed by atoms with Crippen LogP contribution in [0.15, 0.2) is 23.1 Å². The van der Waals surface area contributed by atoms with E-state index >= 15 is 0 Å². The Morgan fingerprint density at radius 3 is 2.95 bits per heavy atom. The normalized spacial score (nSPS) is 23.4. The number of benzene rings is 1. The van der Waals surface area contributed by atoms with E-state index in [-0.39, 0.29) is 6.04 Å². The fraction of sp³-hybridized carbons (Fsp3) is 0.625. The lowest BCUT2D eigenvalue weighted by atomic mass is 10.0. The Morgan fingerprint density at radius 1 is 1.29 bits per heavy atom. The molecular formula is C16H24N2O2S. The first kappa shape index (κ1) is 14.9.